The number of nitrogens with one attached hydrogen (secondary N) is 1. The fraction of sp³-hybridized carbons (Fsp3) is 0.462. The number of aliphatic hydroxyl groups is 1. The standard InChI is InChI=1S/C13H18Cl2N2O3.ClH/c14-10-3-1-4-11(13(10)15)20-8-9(18)7-17-12(19)5-2-6-16;/h1,3-4,9,18H,2,5-8,16H2,(H,17,19);1H. The molecule has 4 N–H and O–H groups in total. The predicted octanol–water partition coefficient (Wildman–Crippen LogP) is 2.01. The van der Waals surface area contributed by atoms with Gasteiger partial charge in [-0.25, -0.2) is 0 Å². The van der Waals surface area contributed by atoms with Gasteiger partial charge in [-0.3, -0.25) is 4.79 Å². The molecule has 0 radical (unpaired) electrons. The molecule has 120 valence electrons. The lowest BCUT2D eigenvalue weighted by Gasteiger charge is -2.14. The van der Waals surface area contributed by atoms with E-state index in [2.05, 4.69) is 5.32 Å². The average molecular weight is 358 g/mol. The minimum atomic E-state index is -0.827. The summed E-state index contributed by atoms with van der Waals surface area (Å²) in [6, 6.07) is 5.00. The quantitative estimate of drug-likeness (QED) is 0.664. The number of amides is 1. The largest absolute Gasteiger partial charge is 0.489 e. The molecule has 0 saturated carbocycles. The average Bonchev–Trinajstić information content (AvgIpc) is 2.44. The van der Waals surface area contributed by atoms with E-state index in [0.717, 1.165) is 0 Å². The summed E-state index contributed by atoms with van der Waals surface area (Å²) in [5, 5.41) is 13.0. The van der Waals surface area contributed by atoms with Crippen LogP contribution in [-0.4, -0.2) is 36.8 Å². The van der Waals surface area contributed by atoms with Gasteiger partial charge in [-0.05, 0) is 25.1 Å². The molecule has 5 nitrogen and oxygen atoms in total. The molecule has 0 aliphatic heterocycles. The zero-order valence-corrected chi connectivity index (χ0v) is 13.7. The van der Waals surface area contributed by atoms with Gasteiger partial charge >= 0.3 is 0 Å². The van der Waals surface area contributed by atoms with Crippen molar-refractivity contribution in [1.82, 2.24) is 5.32 Å². The second-order valence-electron chi connectivity index (χ2n) is 4.21. The highest BCUT2D eigenvalue weighted by atomic mass is 35.5. The van der Waals surface area contributed by atoms with Gasteiger partial charge in [0, 0.05) is 13.0 Å². The van der Waals surface area contributed by atoms with Crippen molar-refractivity contribution in [2.24, 2.45) is 5.73 Å². The van der Waals surface area contributed by atoms with E-state index in [9.17, 15) is 9.90 Å². The fourth-order valence-electron chi connectivity index (χ4n) is 1.42. The molecule has 8 heteroatoms. The monoisotopic (exact) mass is 356 g/mol. The maximum Gasteiger partial charge on any atom is 0.220 e. The van der Waals surface area contributed by atoms with E-state index in [1.165, 1.54) is 0 Å². The van der Waals surface area contributed by atoms with Crippen molar-refractivity contribution in [2.45, 2.75) is 18.9 Å². The maximum atomic E-state index is 11.3. The van der Waals surface area contributed by atoms with Gasteiger partial charge in [-0.2, -0.15) is 0 Å². The Hall–Kier alpha value is -0.720. The number of hydrogen-bond donors (Lipinski definition) is 3. The third-order valence-corrected chi connectivity index (χ3v) is 3.29. The first-order valence-electron chi connectivity index (χ1n) is 6.26. The Kier molecular flexibility index (Phi) is 10.6. The molecule has 0 aliphatic rings. The van der Waals surface area contributed by atoms with Crippen LogP contribution in [0.15, 0.2) is 18.2 Å². The number of carbonyl (C=O) groups excluding carboxylic acids is 1. The van der Waals surface area contributed by atoms with E-state index in [0.29, 0.717) is 35.2 Å². The van der Waals surface area contributed by atoms with Gasteiger partial charge in [0.2, 0.25) is 5.91 Å². The van der Waals surface area contributed by atoms with Gasteiger partial charge in [0.25, 0.3) is 0 Å². The van der Waals surface area contributed by atoms with Crippen LogP contribution in [0.2, 0.25) is 10.0 Å². The van der Waals surface area contributed by atoms with E-state index in [1.54, 1.807) is 18.2 Å². The van der Waals surface area contributed by atoms with Crippen molar-refractivity contribution in [3.8, 4) is 5.75 Å². The molecule has 0 aliphatic carbocycles. The van der Waals surface area contributed by atoms with Crippen LogP contribution in [0, 0.1) is 0 Å². The Morgan fingerprint density at radius 1 is 1.43 bits per heavy atom. The third kappa shape index (κ3) is 7.74. The summed E-state index contributed by atoms with van der Waals surface area (Å²) in [6.45, 7) is 0.588. The van der Waals surface area contributed by atoms with Crippen molar-refractivity contribution in [2.75, 3.05) is 19.7 Å². The highest BCUT2D eigenvalue weighted by Crippen LogP contribution is 2.31. The lowest BCUT2D eigenvalue weighted by Crippen LogP contribution is -2.35. The van der Waals surface area contributed by atoms with Crippen LogP contribution in [0.25, 0.3) is 0 Å². The van der Waals surface area contributed by atoms with Gasteiger partial charge in [0.1, 0.15) is 23.5 Å². The Bertz CT molecular complexity index is 447. The van der Waals surface area contributed by atoms with Gasteiger partial charge in [0.05, 0.1) is 5.02 Å². The Balaban J connectivity index is 0.00000400. The summed E-state index contributed by atoms with van der Waals surface area (Å²) in [4.78, 5) is 11.3. The molecule has 0 bridgehead atoms. The molecule has 0 fully saturated rings. The van der Waals surface area contributed by atoms with Crippen molar-refractivity contribution in [3.63, 3.8) is 0 Å². The zero-order valence-electron chi connectivity index (χ0n) is 11.4. The van der Waals surface area contributed by atoms with Crippen molar-refractivity contribution < 1.29 is 14.6 Å². The summed E-state index contributed by atoms with van der Waals surface area (Å²) in [6.07, 6.45) is 0.146. The van der Waals surface area contributed by atoms with E-state index in [1.807, 2.05) is 0 Å². The summed E-state index contributed by atoms with van der Waals surface area (Å²) in [7, 11) is 0. The number of hydrogen-bond acceptors (Lipinski definition) is 4. The van der Waals surface area contributed by atoms with Crippen molar-refractivity contribution >= 4 is 41.5 Å². The van der Waals surface area contributed by atoms with E-state index >= 15 is 0 Å². The molecule has 1 rings (SSSR count). The molecule has 21 heavy (non-hydrogen) atoms. The maximum absolute atomic E-state index is 11.3. The van der Waals surface area contributed by atoms with Gasteiger partial charge in [0.15, 0.2) is 0 Å². The fourth-order valence-corrected chi connectivity index (χ4v) is 1.77. The number of carbonyl (C=O) groups is 1. The van der Waals surface area contributed by atoms with E-state index in [4.69, 9.17) is 33.7 Å². The van der Waals surface area contributed by atoms with Gasteiger partial charge in [-0.15, -0.1) is 12.4 Å². The predicted molar refractivity (Wildman–Crippen MR) is 86.5 cm³/mol. The van der Waals surface area contributed by atoms with Crippen LogP contribution in [0.3, 0.4) is 0 Å². The number of aliphatic hydroxyl groups excluding tert-OH is 1. The number of halogens is 3. The molecule has 0 heterocycles. The first-order chi connectivity index (χ1) is 9.54. The van der Waals surface area contributed by atoms with Crippen LogP contribution in [-0.2, 0) is 4.79 Å². The SMILES string of the molecule is Cl.NCCCC(=O)NCC(O)COc1cccc(Cl)c1Cl. The molecule has 0 spiro atoms. The molecule has 1 unspecified atom stereocenters. The van der Waals surface area contributed by atoms with Gasteiger partial charge < -0.3 is 20.9 Å². The molecule has 0 saturated heterocycles. The van der Waals surface area contributed by atoms with Crippen LogP contribution in [0.1, 0.15) is 12.8 Å². The number of nitrogens with two attached hydrogens (primary N) is 1. The molecule has 0 aromatic heterocycles. The highest BCUT2D eigenvalue weighted by Gasteiger charge is 2.10. The smallest absolute Gasteiger partial charge is 0.220 e. The topological polar surface area (TPSA) is 84.6 Å². The van der Waals surface area contributed by atoms with Crippen molar-refractivity contribution in [1.29, 1.82) is 0 Å². The number of benzene rings is 1. The molecule has 1 aromatic carbocycles. The first-order valence-corrected chi connectivity index (χ1v) is 7.01. The summed E-state index contributed by atoms with van der Waals surface area (Å²) in [5.74, 6) is 0.253. The molecule has 1 amide bonds. The lowest BCUT2D eigenvalue weighted by molar-refractivity contribution is -0.121. The Morgan fingerprint density at radius 2 is 2.14 bits per heavy atom. The first kappa shape index (κ1) is 20.3. The highest BCUT2D eigenvalue weighted by molar-refractivity contribution is 6.42. The number of rotatable bonds is 8. The minimum absolute atomic E-state index is 0. The summed E-state index contributed by atoms with van der Waals surface area (Å²) < 4.78 is 5.36. The minimum Gasteiger partial charge on any atom is -0.489 e. The second kappa shape index (κ2) is 10.9. The number of ether oxygens (including phenoxy) is 1. The Morgan fingerprint density at radius 3 is 2.81 bits per heavy atom. The summed E-state index contributed by atoms with van der Waals surface area (Å²) >= 11 is 11.8. The van der Waals surface area contributed by atoms with Gasteiger partial charge in [-0.1, -0.05) is 29.3 Å². The third-order valence-electron chi connectivity index (χ3n) is 2.49. The van der Waals surface area contributed by atoms with E-state index < -0.39 is 6.10 Å². The molecule has 1 aromatic rings. The van der Waals surface area contributed by atoms with Crippen LogP contribution < -0.4 is 15.8 Å². The van der Waals surface area contributed by atoms with E-state index in [-0.39, 0.29) is 31.5 Å². The second-order valence-corrected chi connectivity index (χ2v) is 5.00. The van der Waals surface area contributed by atoms with Crippen LogP contribution in [0.4, 0.5) is 0 Å². The normalized spacial score (nSPS) is 11.4. The summed E-state index contributed by atoms with van der Waals surface area (Å²) in [5.41, 5.74) is 5.30. The van der Waals surface area contributed by atoms with Crippen LogP contribution in [0.5, 0.6) is 5.75 Å². The molecular weight excluding hydrogens is 339 g/mol. The molecular formula is C13H19Cl3N2O3. The molecule has 1 atom stereocenters. The zero-order chi connectivity index (χ0) is 15.0. The lowest BCUT2D eigenvalue weighted by atomic mass is 10.3. The van der Waals surface area contributed by atoms with Crippen LogP contribution >= 0.6 is 35.6 Å². The Labute approximate surface area is 140 Å². The van der Waals surface area contributed by atoms with Crippen molar-refractivity contribution in [3.05, 3.63) is 28.2 Å².